The third-order valence-corrected chi connectivity index (χ3v) is 4.55. The monoisotopic (exact) mass is 338 g/mol. The molecule has 122 valence electrons. The van der Waals surface area contributed by atoms with Crippen molar-refractivity contribution < 1.29 is 9.53 Å². The molecule has 1 heterocycles. The number of carbonyl (C=O) groups is 1. The molecule has 0 aliphatic heterocycles. The second-order valence-corrected chi connectivity index (χ2v) is 6.17. The lowest BCUT2D eigenvalue weighted by atomic mass is 10.2. The van der Waals surface area contributed by atoms with Gasteiger partial charge in [-0.1, -0.05) is 30.3 Å². The lowest BCUT2D eigenvalue weighted by molar-refractivity contribution is 0.112. The Morgan fingerprint density at radius 1 is 1.12 bits per heavy atom. The summed E-state index contributed by atoms with van der Waals surface area (Å²) in [4.78, 5) is 17.4. The number of nitrogens with zero attached hydrogens (tertiary/aromatic N) is 2. The average Bonchev–Trinajstić information content (AvgIpc) is 3.13. The van der Waals surface area contributed by atoms with Gasteiger partial charge in [-0.05, 0) is 24.3 Å². The topological polar surface area (TPSA) is 42.4 Å². The molecule has 0 saturated heterocycles. The molecule has 1 aromatic heterocycles. The van der Waals surface area contributed by atoms with E-state index in [0.717, 1.165) is 35.0 Å². The van der Waals surface area contributed by atoms with E-state index in [1.807, 2.05) is 25.2 Å². The molecule has 0 amide bonds. The predicted octanol–water partition coefficient (Wildman–Crippen LogP) is 4.14. The molecule has 4 nitrogen and oxygen atoms in total. The average molecular weight is 338 g/mol. The second-order valence-electron chi connectivity index (χ2n) is 5.34. The Balaban J connectivity index is 1.54. The van der Waals surface area contributed by atoms with Crippen LogP contribution in [0.4, 0.5) is 5.13 Å². The van der Waals surface area contributed by atoms with Crippen LogP contribution in [0.3, 0.4) is 0 Å². The normalized spacial score (nSPS) is 10.4. The van der Waals surface area contributed by atoms with Crippen molar-refractivity contribution in [2.45, 2.75) is 0 Å². The quantitative estimate of drug-likeness (QED) is 0.607. The summed E-state index contributed by atoms with van der Waals surface area (Å²) >= 11 is 1.62. The minimum Gasteiger partial charge on any atom is -0.492 e. The van der Waals surface area contributed by atoms with Crippen molar-refractivity contribution >= 4 is 22.8 Å². The molecular formula is C19H18N2O2S. The maximum Gasteiger partial charge on any atom is 0.185 e. The van der Waals surface area contributed by atoms with Gasteiger partial charge in [0, 0.05) is 23.6 Å². The fourth-order valence-corrected chi connectivity index (χ4v) is 3.05. The zero-order valence-electron chi connectivity index (χ0n) is 13.4. The van der Waals surface area contributed by atoms with Crippen LogP contribution in [0, 0.1) is 0 Å². The Morgan fingerprint density at radius 2 is 1.88 bits per heavy atom. The Bertz CT molecular complexity index is 785. The zero-order chi connectivity index (χ0) is 16.8. The van der Waals surface area contributed by atoms with E-state index in [0.29, 0.717) is 12.2 Å². The summed E-state index contributed by atoms with van der Waals surface area (Å²) in [7, 11) is 2.01. The highest BCUT2D eigenvalue weighted by molar-refractivity contribution is 7.14. The van der Waals surface area contributed by atoms with E-state index in [1.54, 1.807) is 35.6 Å². The van der Waals surface area contributed by atoms with E-state index in [1.165, 1.54) is 0 Å². The lowest BCUT2D eigenvalue weighted by Crippen LogP contribution is -2.23. The van der Waals surface area contributed by atoms with E-state index in [4.69, 9.17) is 4.74 Å². The van der Waals surface area contributed by atoms with Crippen molar-refractivity contribution in [1.29, 1.82) is 0 Å². The molecule has 0 spiro atoms. The van der Waals surface area contributed by atoms with Gasteiger partial charge in [0.2, 0.25) is 0 Å². The number of benzene rings is 2. The van der Waals surface area contributed by atoms with Crippen LogP contribution in [0.25, 0.3) is 11.3 Å². The van der Waals surface area contributed by atoms with Crippen LogP contribution in [-0.4, -0.2) is 31.5 Å². The standard InChI is InChI=1S/C19H18N2O2S/c1-21(11-12-23-17-9-7-15(13-22)8-10-17)19-20-18(14-24-19)16-5-3-2-4-6-16/h2-10,13-14H,11-12H2,1H3. The summed E-state index contributed by atoms with van der Waals surface area (Å²) in [5.74, 6) is 0.762. The molecule has 24 heavy (non-hydrogen) atoms. The van der Waals surface area contributed by atoms with Crippen LogP contribution in [-0.2, 0) is 0 Å². The maximum atomic E-state index is 10.6. The van der Waals surface area contributed by atoms with Crippen molar-refractivity contribution in [3.05, 3.63) is 65.5 Å². The van der Waals surface area contributed by atoms with Crippen molar-refractivity contribution in [3.63, 3.8) is 0 Å². The van der Waals surface area contributed by atoms with Gasteiger partial charge < -0.3 is 9.64 Å². The smallest absolute Gasteiger partial charge is 0.185 e. The number of hydrogen-bond donors (Lipinski definition) is 0. The molecule has 0 aliphatic carbocycles. The first-order chi connectivity index (χ1) is 11.8. The highest BCUT2D eigenvalue weighted by Crippen LogP contribution is 2.26. The highest BCUT2D eigenvalue weighted by atomic mass is 32.1. The van der Waals surface area contributed by atoms with Gasteiger partial charge in [0.15, 0.2) is 5.13 Å². The Labute approximate surface area is 145 Å². The molecule has 0 aliphatic rings. The van der Waals surface area contributed by atoms with Crippen molar-refractivity contribution in [2.75, 3.05) is 25.1 Å². The first-order valence-electron chi connectivity index (χ1n) is 7.66. The van der Waals surface area contributed by atoms with E-state index < -0.39 is 0 Å². The molecule has 5 heteroatoms. The van der Waals surface area contributed by atoms with Gasteiger partial charge >= 0.3 is 0 Å². The van der Waals surface area contributed by atoms with Gasteiger partial charge in [0.1, 0.15) is 18.6 Å². The second kappa shape index (κ2) is 7.75. The molecule has 0 atom stereocenters. The minimum absolute atomic E-state index is 0.553. The minimum atomic E-state index is 0.553. The summed E-state index contributed by atoms with van der Waals surface area (Å²) in [6, 6.07) is 17.3. The van der Waals surface area contributed by atoms with E-state index in [2.05, 4.69) is 27.4 Å². The predicted molar refractivity (Wildman–Crippen MR) is 98.1 cm³/mol. The Morgan fingerprint density at radius 3 is 2.58 bits per heavy atom. The highest BCUT2D eigenvalue weighted by Gasteiger charge is 2.08. The number of thiazole rings is 1. The van der Waals surface area contributed by atoms with Crippen LogP contribution in [0.2, 0.25) is 0 Å². The van der Waals surface area contributed by atoms with E-state index in [9.17, 15) is 4.79 Å². The van der Waals surface area contributed by atoms with Gasteiger partial charge in [0.25, 0.3) is 0 Å². The molecule has 0 bridgehead atoms. The molecule has 3 rings (SSSR count). The molecule has 0 radical (unpaired) electrons. The molecule has 0 N–H and O–H groups in total. The molecule has 3 aromatic rings. The summed E-state index contributed by atoms with van der Waals surface area (Å²) in [6.07, 6.45) is 0.824. The molecule has 0 unspecified atom stereocenters. The van der Waals surface area contributed by atoms with Gasteiger partial charge in [-0.3, -0.25) is 4.79 Å². The first-order valence-corrected chi connectivity index (χ1v) is 8.54. The SMILES string of the molecule is CN(CCOc1ccc(C=O)cc1)c1nc(-c2ccccc2)cs1. The van der Waals surface area contributed by atoms with Crippen molar-refractivity contribution in [1.82, 2.24) is 4.98 Å². The molecular weight excluding hydrogens is 320 g/mol. The first kappa shape index (κ1) is 16.2. The van der Waals surface area contributed by atoms with Crippen molar-refractivity contribution in [3.8, 4) is 17.0 Å². The number of aromatic nitrogens is 1. The molecule has 0 fully saturated rings. The fourth-order valence-electron chi connectivity index (χ4n) is 2.22. The largest absolute Gasteiger partial charge is 0.492 e. The number of aldehydes is 1. The maximum absolute atomic E-state index is 10.6. The van der Waals surface area contributed by atoms with Crippen LogP contribution < -0.4 is 9.64 Å². The van der Waals surface area contributed by atoms with Crippen LogP contribution >= 0.6 is 11.3 Å². The van der Waals surface area contributed by atoms with Gasteiger partial charge in [-0.25, -0.2) is 4.98 Å². The van der Waals surface area contributed by atoms with E-state index in [-0.39, 0.29) is 0 Å². The number of rotatable bonds is 7. The number of carbonyl (C=O) groups excluding carboxylic acids is 1. The molecule has 2 aromatic carbocycles. The lowest BCUT2D eigenvalue weighted by Gasteiger charge is -2.16. The third-order valence-electron chi connectivity index (χ3n) is 3.60. The zero-order valence-corrected chi connectivity index (χ0v) is 14.2. The van der Waals surface area contributed by atoms with E-state index >= 15 is 0 Å². The van der Waals surface area contributed by atoms with Gasteiger partial charge in [-0.2, -0.15) is 0 Å². The third kappa shape index (κ3) is 4.00. The number of anilines is 1. The number of ether oxygens (including phenoxy) is 1. The Kier molecular flexibility index (Phi) is 5.23. The van der Waals surface area contributed by atoms with Crippen LogP contribution in [0.1, 0.15) is 10.4 Å². The number of likely N-dealkylation sites (N-methyl/N-ethyl adjacent to an activating group) is 1. The molecule has 0 saturated carbocycles. The van der Waals surface area contributed by atoms with Crippen molar-refractivity contribution in [2.24, 2.45) is 0 Å². The summed E-state index contributed by atoms with van der Waals surface area (Å²) in [5.41, 5.74) is 2.77. The summed E-state index contributed by atoms with van der Waals surface area (Å²) in [6.45, 7) is 1.29. The van der Waals surface area contributed by atoms with Crippen LogP contribution in [0.5, 0.6) is 5.75 Å². The van der Waals surface area contributed by atoms with Gasteiger partial charge in [-0.15, -0.1) is 11.3 Å². The van der Waals surface area contributed by atoms with Gasteiger partial charge in [0.05, 0.1) is 12.2 Å². The summed E-state index contributed by atoms with van der Waals surface area (Å²) < 4.78 is 5.71. The Hall–Kier alpha value is -2.66. The number of hydrogen-bond acceptors (Lipinski definition) is 5. The summed E-state index contributed by atoms with van der Waals surface area (Å²) in [5, 5.41) is 3.04. The van der Waals surface area contributed by atoms with Crippen LogP contribution in [0.15, 0.2) is 60.0 Å². The fraction of sp³-hybridized carbons (Fsp3) is 0.158.